The smallest absolute Gasteiger partial charge is 0.335 e. The number of benzene rings is 1. The van der Waals surface area contributed by atoms with Crippen LogP contribution in [0.15, 0.2) is 18.2 Å². The minimum absolute atomic E-state index is 0.352. The summed E-state index contributed by atoms with van der Waals surface area (Å²) in [6.45, 7) is 8.94. The summed E-state index contributed by atoms with van der Waals surface area (Å²) in [7, 11) is 0. The van der Waals surface area contributed by atoms with E-state index in [2.05, 4.69) is 26.1 Å². The monoisotopic (exact) mass is 275 g/mol. The highest BCUT2D eigenvalue weighted by molar-refractivity contribution is 5.88. The summed E-state index contributed by atoms with van der Waals surface area (Å²) in [4.78, 5) is 11.0. The van der Waals surface area contributed by atoms with Gasteiger partial charge in [-0.25, -0.2) is 4.79 Å². The van der Waals surface area contributed by atoms with Gasteiger partial charge in [-0.3, -0.25) is 0 Å². The van der Waals surface area contributed by atoms with E-state index in [9.17, 15) is 4.79 Å². The molecule has 0 aliphatic heterocycles. The first kappa shape index (κ1) is 14.9. The van der Waals surface area contributed by atoms with Crippen LogP contribution in [0.1, 0.15) is 56.0 Å². The molecular formula is C17H25NO2. The zero-order valence-corrected chi connectivity index (χ0v) is 12.9. The molecular weight excluding hydrogens is 250 g/mol. The maximum atomic E-state index is 11.0. The first-order chi connectivity index (χ1) is 9.27. The highest BCUT2D eigenvalue weighted by atomic mass is 16.4. The van der Waals surface area contributed by atoms with E-state index in [4.69, 9.17) is 5.11 Å². The molecule has 110 valence electrons. The number of hydrogen-bond donors (Lipinski definition) is 2. The molecule has 3 nitrogen and oxygen atoms in total. The standard InChI is InChI=1S/C17H25NO2/c1-11-7-14(10-17(3,4)9-11)18-15-6-5-13(16(19)20)8-12(15)2/h5-6,8,11,14,18H,7,9-10H2,1-4H3,(H,19,20). The van der Waals surface area contributed by atoms with Crippen LogP contribution >= 0.6 is 0 Å². The lowest BCUT2D eigenvalue weighted by Gasteiger charge is -2.39. The van der Waals surface area contributed by atoms with E-state index in [0.717, 1.165) is 23.6 Å². The molecule has 1 aromatic rings. The molecule has 3 heteroatoms. The summed E-state index contributed by atoms with van der Waals surface area (Å²) in [6, 6.07) is 5.78. The zero-order valence-electron chi connectivity index (χ0n) is 12.9. The molecule has 1 aliphatic rings. The maximum Gasteiger partial charge on any atom is 0.335 e. The first-order valence-electron chi connectivity index (χ1n) is 7.37. The van der Waals surface area contributed by atoms with Crippen LogP contribution in [0.4, 0.5) is 5.69 Å². The third kappa shape index (κ3) is 3.53. The van der Waals surface area contributed by atoms with Crippen LogP contribution in [0.25, 0.3) is 0 Å². The first-order valence-corrected chi connectivity index (χ1v) is 7.37. The van der Waals surface area contributed by atoms with E-state index in [1.807, 2.05) is 13.0 Å². The number of nitrogens with one attached hydrogen (secondary N) is 1. The van der Waals surface area contributed by atoms with Gasteiger partial charge in [0, 0.05) is 11.7 Å². The normalized spacial score (nSPS) is 25.2. The van der Waals surface area contributed by atoms with E-state index < -0.39 is 5.97 Å². The van der Waals surface area contributed by atoms with Crippen molar-refractivity contribution in [2.75, 3.05) is 5.32 Å². The lowest BCUT2D eigenvalue weighted by atomic mass is 9.70. The average molecular weight is 275 g/mol. The lowest BCUT2D eigenvalue weighted by Crippen LogP contribution is -2.35. The second-order valence-electron chi connectivity index (χ2n) is 7.09. The van der Waals surface area contributed by atoms with Gasteiger partial charge in [-0.15, -0.1) is 0 Å². The average Bonchev–Trinajstić information content (AvgIpc) is 2.28. The Hall–Kier alpha value is -1.51. The molecule has 0 saturated heterocycles. The summed E-state index contributed by atoms with van der Waals surface area (Å²) < 4.78 is 0. The minimum atomic E-state index is -0.868. The molecule has 0 heterocycles. The van der Waals surface area contributed by atoms with Gasteiger partial charge in [-0.2, -0.15) is 0 Å². The minimum Gasteiger partial charge on any atom is -0.478 e. The Morgan fingerprint density at radius 3 is 2.60 bits per heavy atom. The third-order valence-electron chi connectivity index (χ3n) is 4.22. The van der Waals surface area contributed by atoms with Crippen molar-refractivity contribution in [3.8, 4) is 0 Å². The predicted octanol–water partition coefficient (Wildman–Crippen LogP) is 4.32. The number of anilines is 1. The van der Waals surface area contributed by atoms with Crippen molar-refractivity contribution in [2.24, 2.45) is 11.3 Å². The number of hydrogen-bond acceptors (Lipinski definition) is 2. The topological polar surface area (TPSA) is 49.3 Å². The summed E-state index contributed by atoms with van der Waals surface area (Å²) in [5, 5.41) is 12.6. The number of aromatic carboxylic acids is 1. The number of carboxylic acids is 1. The SMILES string of the molecule is Cc1cc(C(=O)O)ccc1NC1CC(C)CC(C)(C)C1. The van der Waals surface area contributed by atoms with Gasteiger partial charge in [0.05, 0.1) is 5.56 Å². The second kappa shape index (κ2) is 5.47. The van der Waals surface area contributed by atoms with Crippen molar-refractivity contribution in [2.45, 2.75) is 53.0 Å². The zero-order chi connectivity index (χ0) is 14.9. The van der Waals surface area contributed by atoms with Crippen LogP contribution < -0.4 is 5.32 Å². The van der Waals surface area contributed by atoms with Gasteiger partial charge in [0.15, 0.2) is 0 Å². The van der Waals surface area contributed by atoms with Crippen molar-refractivity contribution in [1.82, 2.24) is 0 Å². The quantitative estimate of drug-likeness (QED) is 0.863. The van der Waals surface area contributed by atoms with E-state index in [1.165, 1.54) is 12.8 Å². The molecule has 2 rings (SSSR count). The molecule has 0 bridgehead atoms. The summed E-state index contributed by atoms with van der Waals surface area (Å²) >= 11 is 0. The van der Waals surface area contributed by atoms with Gasteiger partial charge in [0.1, 0.15) is 0 Å². The molecule has 2 N–H and O–H groups in total. The van der Waals surface area contributed by atoms with Crippen LogP contribution in [-0.4, -0.2) is 17.1 Å². The largest absolute Gasteiger partial charge is 0.478 e. The molecule has 0 amide bonds. The van der Waals surface area contributed by atoms with Crippen LogP contribution in [0.5, 0.6) is 0 Å². The van der Waals surface area contributed by atoms with E-state index in [1.54, 1.807) is 12.1 Å². The van der Waals surface area contributed by atoms with Gasteiger partial charge in [0.2, 0.25) is 0 Å². The number of rotatable bonds is 3. The van der Waals surface area contributed by atoms with Gasteiger partial charge in [-0.1, -0.05) is 20.8 Å². The summed E-state index contributed by atoms with van der Waals surface area (Å²) in [6.07, 6.45) is 3.63. The van der Waals surface area contributed by atoms with Gasteiger partial charge >= 0.3 is 5.97 Å². The molecule has 0 radical (unpaired) electrons. The Morgan fingerprint density at radius 2 is 2.05 bits per heavy atom. The molecule has 1 saturated carbocycles. The van der Waals surface area contributed by atoms with Crippen LogP contribution in [-0.2, 0) is 0 Å². The van der Waals surface area contributed by atoms with Crippen molar-refractivity contribution >= 4 is 11.7 Å². The van der Waals surface area contributed by atoms with Crippen molar-refractivity contribution in [3.63, 3.8) is 0 Å². The fraction of sp³-hybridized carbons (Fsp3) is 0.588. The van der Waals surface area contributed by atoms with E-state index in [0.29, 0.717) is 17.0 Å². The van der Waals surface area contributed by atoms with Crippen LogP contribution in [0.2, 0.25) is 0 Å². The summed E-state index contributed by atoms with van der Waals surface area (Å²) in [5.41, 5.74) is 2.79. The Labute approximate surface area is 121 Å². The van der Waals surface area contributed by atoms with E-state index in [-0.39, 0.29) is 0 Å². The molecule has 2 atom stereocenters. The van der Waals surface area contributed by atoms with Gasteiger partial charge in [0.25, 0.3) is 0 Å². The number of carbonyl (C=O) groups is 1. The maximum absolute atomic E-state index is 11.0. The van der Waals surface area contributed by atoms with Crippen molar-refractivity contribution in [3.05, 3.63) is 29.3 Å². The fourth-order valence-electron chi connectivity index (χ4n) is 3.63. The Bertz CT molecular complexity index is 508. The fourth-order valence-corrected chi connectivity index (χ4v) is 3.63. The number of aryl methyl sites for hydroxylation is 1. The Balaban J connectivity index is 2.12. The van der Waals surface area contributed by atoms with Crippen LogP contribution in [0, 0.1) is 18.3 Å². The Kier molecular flexibility index (Phi) is 4.07. The molecule has 0 spiro atoms. The molecule has 20 heavy (non-hydrogen) atoms. The molecule has 1 fully saturated rings. The van der Waals surface area contributed by atoms with Crippen molar-refractivity contribution < 1.29 is 9.90 Å². The highest BCUT2D eigenvalue weighted by Crippen LogP contribution is 2.39. The van der Waals surface area contributed by atoms with Gasteiger partial charge < -0.3 is 10.4 Å². The van der Waals surface area contributed by atoms with E-state index >= 15 is 0 Å². The molecule has 0 aromatic heterocycles. The predicted molar refractivity (Wildman–Crippen MR) is 82.3 cm³/mol. The molecule has 2 unspecified atom stereocenters. The molecule has 1 aromatic carbocycles. The van der Waals surface area contributed by atoms with Crippen LogP contribution in [0.3, 0.4) is 0 Å². The summed E-state index contributed by atoms with van der Waals surface area (Å²) in [5.74, 6) is -0.137. The van der Waals surface area contributed by atoms with Gasteiger partial charge in [-0.05, 0) is 61.3 Å². The lowest BCUT2D eigenvalue weighted by molar-refractivity contribution is 0.0697. The highest BCUT2D eigenvalue weighted by Gasteiger charge is 2.32. The van der Waals surface area contributed by atoms with Crippen molar-refractivity contribution in [1.29, 1.82) is 0 Å². The third-order valence-corrected chi connectivity index (χ3v) is 4.22. The molecule has 1 aliphatic carbocycles. The Morgan fingerprint density at radius 1 is 1.35 bits per heavy atom. The number of carboxylic acid groups (broad SMARTS) is 1. The second-order valence-corrected chi connectivity index (χ2v) is 7.09.